The van der Waals surface area contributed by atoms with E-state index in [1.165, 1.54) is 6.20 Å². The number of hydrogen-bond donors (Lipinski definition) is 2. The van der Waals surface area contributed by atoms with Gasteiger partial charge in [-0.1, -0.05) is 23.1 Å². The van der Waals surface area contributed by atoms with Gasteiger partial charge in [0.2, 0.25) is 10.4 Å². The van der Waals surface area contributed by atoms with E-state index in [2.05, 4.69) is 25.3 Å². The first-order valence-corrected chi connectivity index (χ1v) is 10.1. The van der Waals surface area contributed by atoms with Crippen LogP contribution in [-0.4, -0.2) is 49.1 Å². The Bertz CT molecular complexity index is 1040. The second-order valence-corrected chi connectivity index (χ2v) is 8.52. The molecule has 0 spiro atoms. The van der Waals surface area contributed by atoms with Crippen molar-refractivity contribution in [1.82, 2.24) is 29.9 Å². The van der Waals surface area contributed by atoms with E-state index in [0.717, 1.165) is 35.9 Å². The molecule has 1 unspecified atom stereocenters. The van der Waals surface area contributed by atoms with Gasteiger partial charge in [0.15, 0.2) is 10.8 Å². The lowest BCUT2D eigenvalue weighted by Crippen LogP contribution is -2.22. The van der Waals surface area contributed by atoms with Crippen LogP contribution in [0.25, 0.3) is 11.0 Å². The molecule has 4 heterocycles. The van der Waals surface area contributed by atoms with E-state index in [4.69, 9.17) is 22.1 Å². The molecule has 1 fully saturated rings. The maximum atomic E-state index is 12.4. The molecule has 10 nitrogen and oxygen atoms in total. The molecular formula is C14H14ClN7O3S2. The van der Waals surface area contributed by atoms with E-state index in [1.54, 1.807) is 4.68 Å². The second-order valence-electron chi connectivity index (χ2n) is 5.83. The Morgan fingerprint density at radius 2 is 2.22 bits per heavy atom. The monoisotopic (exact) mass is 427 g/mol. The molecule has 3 aromatic rings. The fourth-order valence-electron chi connectivity index (χ4n) is 2.83. The number of ether oxygens (including phenoxy) is 1. The third kappa shape index (κ3) is 3.70. The van der Waals surface area contributed by atoms with Crippen LogP contribution in [0.5, 0.6) is 0 Å². The lowest BCUT2D eigenvalue weighted by atomic mass is 10.1. The molecule has 142 valence electrons. The average Bonchev–Trinajstić information content (AvgIpc) is 3.27. The highest BCUT2D eigenvalue weighted by atomic mass is 35.5. The molecule has 1 aliphatic heterocycles. The number of H-pyrrole nitrogens is 1. The summed E-state index contributed by atoms with van der Waals surface area (Å²) < 4.78 is 7.33. The van der Waals surface area contributed by atoms with Gasteiger partial charge in [0.05, 0.1) is 12.2 Å². The van der Waals surface area contributed by atoms with Crippen molar-refractivity contribution in [2.45, 2.75) is 29.3 Å². The lowest BCUT2D eigenvalue weighted by molar-refractivity contribution is -0.117. The average molecular weight is 428 g/mol. The van der Waals surface area contributed by atoms with E-state index in [-0.39, 0.29) is 21.2 Å². The molecule has 0 aromatic carbocycles. The van der Waals surface area contributed by atoms with E-state index >= 15 is 0 Å². The zero-order valence-corrected chi connectivity index (χ0v) is 16.2. The normalized spacial score (nSPS) is 16.6. The van der Waals surface area contributed by atoms with Crippen LogP contribution >= 0.6 is 34.7 Å². The highest BCUT2D eigenvalue weighted by Crippen LogP contribution is 2.35. The minimum atomic E-state index is -0.866. The predicted octanol–water partition coefficient (Wildman–Crippen LogP) is 1.29. The van der Waals surface area contributed by atoms with E-state index in [1.807, 2.05) is 0 Å². The van der Waals surface area contributed by atoms with Gasteiger partial charge in [0.25, 0.3) is 5.56 Å². The summed E-state index contributed by atoms with van der Waals surface area (Å²) in [5, 5.41) is 12.0. The van der Waals surface area contributed by atoms with Crippen molar-refractivity contribution in [3.63, 3.8) is 0 Å². The molecule has 3 N–H and O–H groups in total. The third-order valence-electron chi connectivity index (χ3n) is 4.11. The number of nitrogens with one attached hydrogen (secondary N) is 1. The Hall–Kier alpha value is -2.02. The summed E-state index contributed by atoms with van der Waals surface area (Å²) in [6.45, 7) is 1.27. The summed E-state index contributed by atoms with van der Waals surface area (Å²) in [5.74, 6) is -0.631. The van der Waals surface area contributed by atoms with Gasteiger partial charge >= 0.3 is 0 Å². The van der Waals surface area contributed by atoms with E-state index in [0.29, 0.717) is 29.3 Å². The van der Waals surface area contributed by atoms with Crippen molar-refractivity contribution in [3.05, 3.63) is 26.0 Å². The number of primary amides is 1. The second kappa shape index (κ2) is 7.54. The number of aromatic amines is 1. The summed E-state index contributed by atoms with van der Waals surface area (Å²) in [4.78, 5) is 31.5. The number of carbonyl (C=O) groups is 1. The molecule has 27 heavy (non-hydrogen) atoms. The molecule has 0 radical (unpaired) electrons. The number of halogens is 1. The summed E-state index contributed by atoms with van der Waals surface area (Å²) in [6.07, 6.45) is 3.09. The van der Waals surface area contributed by atoms with Crippen molar-refractivity contribution in [3.8, 4) is 0 Å². The number of carbonyl (C=O) groups excluding carboxylic acids is 1. The number of thioether (sulfide) groups is 1. The summed E-state index contributed by atoms with van der Waals surface area (Å²) >= 11 is 7.84. The van der Waals surface area contributed by atoms with Crippen LogP contribution in [0.2, 0.25) is 4.47 Å². The van der Waals surface area contributed by atoms with Gasteiger partial charge in [-0.05, 0) is 24.4 Å². The summed E-state index contributed by atoms with van der Waals surface area (Å²) in [7, 11) is 0. The standard InChI is InChI=1S/C14H14ClN7O3S2/c15-13-21-20-12(27-13)8(9(16)23)26-14-18-10-7(11(24)19-14)5-17-22(10)6-1-3-25-4-2-6/h5-6,8H,1-4H2,(H2,16,23)(H,18,19,24). The van der Waals surface area contributed by atoms with Crippen LogP contribution in [0.4, 0.5) is 0 Å². The molecule has 4 rings (SSSR count). The Balaban J connectivity index is 1.71. The Kier molecular flexibility index (Phi) is 5.12. The van der Waals surface area contributed by atoms with Crippen molar-refractivity contribution in [1.29, 1.82) is 0 Å². The Labute approximate surface area is 165 Å². The van der Waals surface area contributed by atoms with Gasteiger partial charge in [-0.3, -0.25) is 9.59 Å². The number of nitrogens with two attached hydrogens (primary N) is 1. The molecule has 1 aliphatic rings. The predicted molar refractivity (Wildman–Crippen MR) is 100.0 cm³/mol. The molecule has 0 bridgehead atoms. The topological polar surface area (TPSA) is 142 Å². The van der Waals surface area contributed by atoms with Gasteiger partial charge in [-0.2, -0.15) is 5.10 Å². The molecule has 0 saturated carbocycles. The molecule has 3 aromatic heterocycles. The number of aromatic nitrogens is 6. The number of hydrogen-bond acceptors (Lipinski definition) is 9. The highest BCUT2D eigenvalue weighted by molar-refractivity contribution is 8.00. The third-order valence-corrected chi connectivity index (χ3v) is 6.45. The van der Waals surface area contributed by atoms with Crippen LogP contribution in [0.15, 0.2) is 16.1 Å². The van der Waals surface area contributed by atoms with Crippen molar-refractivity contribution in [2.24, 2.45) is 5.73 Å². The molecule has 1 amide bonds. The van der Waals surface area contributed by atoms with Crippen LogP contribution < -0.4 is 11.3 Å². The van der Waals surface area contributed by atoms with Crippen LogP contribution in [0.1, 0.15) is 29.1 Å². The minimum Gasteiger partial charge on any atom is -0.381 e. The fraction of sp³-hybridized carbons (Fsp3) is 0.429. The van der Waals surface area contributed by atoms with Crippen LogP contribution in [0.3, 0.4) is 0 Å². The molecule has 1 saturated heterocycles. The van der Waals surface area contributed by atoms with Gasteiger partial charge in [0.1, 0.15) is 15.6 Å². The number of amides is 1. The van der Waals surface area contributed by atoms with Crippen LogP contribution in [-0.2, 0) is 9.53 Å². The lowest BCUT2D eigenvalue weighted by Gasteiger charge is -2.22. The van der Waals surface area contributed by atoms with Gasteiger partial charge < -0.3 is 15.5 Å². The number of nitrogens with zero attached hydrogens (tertiary/aromatic N) is 5. The zero-order valence-electron chi connectivity index (χ0n) is 13.8. The van der Waals surface area contributed by atoms with Crippen molar-refractivity contribution < 1.29 is 9.53 Å². The summed E-state index contributed by atoms with van der Waals surface area (Å²) in [6, 6.07) is 0.109. The highest BCUT2D eigenvalue weighted by Gasteiger charge is 2.26. The van der Waals surface area contributed by atoms with E-state index in [9.17, 15) is 9.59 Å². The maximum Gasteiger partial charge on any atom is 0.262 e. The molecule has 13 heteroatoms. The minimum absolute atomic E-state index is 0.109. The Morgan fingerprint density at radius 1 is 1.44 bits per heavy atom. The van der Waals surface area contributed by atoms with Gasteiger partial charge in [-0.25, -0.2) is 9.67 Å². The number of fused-ring (bicyclic) bond motifs is 1. The maximum absolute atomic E-state index is 12.4. The van der Waals surface area contributed by atoms with Crippen LogP contribution in [0, 0.1) is 0 Å². The zero-order chi connectivity index (χ0) is 19.0. The fourth-order valence-corrected chi connectivity index (χ4v) is 4.73. The largest absolute Gasteiger partial charge is 0.381 e. The van der Waals surface area contributed by atoms with Gasteiger partial charge in [0, 0.05) is 13.2 Å². The quantitative estimate of drug-likeness (QED) is 0.458. The summed E-state index contributed by atoms with van der Waals surface area (Å²) in [5.41, 5.74) is 5.62. The first-order chi connectivity index (χ1) is 13.0. The first-order valence-electron chi connectivity index (χ1n) is 8.03. The first kappa shape index (κ1) is 18.3. The van der Waals surface area contributed by atoms with Crippen molar-refractivity contribution >= 4 is 51.6 Å². The van der Waals surface area contributed by atoms with E-state index < -0.39 is 11.2 Å². The molecule has 0 aliphatic carbocycles. The Morgan fingerprint density at radius 3 is 2.89 bits per heavy atom. The SMILES string of the molecule is NC(=O)C(Sc1nc2c(cnn2C2CCOCC2)c(=O)[nH]1)c1nnc(Cl)s1. The molecule has 1 atom stereocenters. The van der Waals surface area contributed by atoms with Gasteiger partial charge in [-0.15, -0.1) is 10.2 Å². The van der Waals surface area contributed by atoms with Crippen molar-refractivity contribution in [2.75, 3.05) is 13.2 Å². The number of rotatable bonds is 5. The smallest absolute Gasteiger partial charge is 0.262 e. The molecular weight excluding hydrogens is 414 g/mol.